The topological polar surface area (TPSA) is 86.9 Å². The average molecular weight is 376 g/mol. The van der Waals surface area contributed by atoms with Crippen LogP contribution >= 0.6 is 0 Å². The number of amides is 2. The van der Waals surface area contributed by atoms with Gasteiger partial charge in [-0.25, -0.2) is 0 Å². The third-order valence-corrected chi connectivity index (χ3v) is 4.88. The second-order valence-corrected chi connectivity index (χ2v) is 7.51. The molecule has 28 heavy (non-hydrogen) atoms. The van der Waals surface area contributed by atoms with E-state index in [2.05, 4.69) is 29.0 Å². The van der Waals surface area contributed by atoms with Gasteiger partial charge in [-0.05, 0) is 55.2 Å². The number of hydrogen-bond donors (Lipinski definition) is 2. The van der Waals surface area contributed by atoms with Crippen molar-refractivity contribution in [3.05, 3.63) is 57.9 Å². The molecule has 2 amide bonds. The van der Waals surface area contributed by atoms with E-state index in [0.717, 1.165) is 29.1 Å². The molecule has 0 aliphatic carbocycles. The molecule has 1 aromatic heterocycles. The SMILES string of the molecule is Cc1cc(/C=C(/C#N)C(=O)Nc2ccc3c(c2)C(=O)NC3)c(C)n1CC(C)C. The molecule has 2 aromatic rings. The number of fused-ring (bicyclic) bond motifs is 1. The van der Waals surface area contributed by atoms with E-state index in [1.54, 1.807) is 24.3 Å². The van der Waals surface area contributed by atoms with Crippen molar-refractivity contribution in [3.63, 3.8) is 0 Å². The number of aromatic nitrogens is 1. The predicted octanol–water partition coefficient (Wildman–Crippen LogP) is 3.55. The van der Waals surface area contributed by atoms with E-state index in [1.807, 2.05) is 26.0 Å². The molecular formula is C22H24N4O2. The first-order chi connectivity index (χ1) is 13.3. The largest absolute Gasteiger partial charge is 0.348 e. The average Bonchev–Trinajstić information content (AvgIpc) is 3.14. The van der Waals surface area contributed by atoms with Crippen LogP contribution in [0.3, 0.4) is 0 Å². The maximum atomic E-state index is 12.6. The monoisotopic (exact) mass is 376 g/mol. The first-order valence-electron chi connectivity index (χ1n) is 9.31. The Morgan fingerprint density at radius 1 is 1.36 bits per heavy atom. The van der Waals surface area contributed by atoms with Gasteiger partial charge in [0.2, 0.25) is 0 Å². The Hall–Kier alpha value is -3.33. The van der Waals surface area contributed by atoms with Crippen molar-refractivity contribution < 1.29 is 9.59 Å². The summed E-state index contributed by atoms with van der Waals surface area (Å²) in [7, 11) is 0. The Labute approximate surface area is 164 Å². The van der Waals surface area contributed by atoms with E-state index in [1.165, 1.54) is 0 Å². The molecule has 0 spiro atoms. The third kappa shape index (κ3) is 3.84. The van der Waals surface area contributed by atoms with E-state index < -0.39 is 5.91 Å². The van der Waals surface area contributed by atoms with Crippen LogP contribution in [-0.2, 0) is 17.9 Å². The maximum Gasteiger partial charge on any atom is 0.266 e. The van der Waals surface area contributed by atoms with Crippen LogP contribution in [0.1, 0.15) is 46.7 Å². The fourth-order valence-corrected chi connectivity index (χ4v) is 3.41. The minimum absolute atomic E-state index is 0.0229. The lowest BCUT2D eigenvalue weighted by Crippen LogP contribution is -2.15. The van der Waals surface area contributed by atoms with Gasteiger partial charge in [-0.3, -0.25) is 9.59 Å². The number of nitriles is 1. The summed E-state index contributed by atoms with van der Waals surface area (Å²) in [5.41, 5.74) is 4.95. The molecule has 0 saturated heterocycles. The highest BCUT2D eigenvalue weighted by Gasteiger charge is 2.20. The van der Waals surface area contributed by atoms with E-state index in [4.69, 9.17) is 0 Å². The zero-order chi connectivity index (χ0) is 20.4. The van der Waals surface area contributed by atoms with Gasteiger partial charge in [0.15, 0.2) is 0 Å². The van der Waals surface area contributed by atoms with Gasteiger partial charge >= 0.3 is 0 Å². The zero-order valence-electron chi connectivity index (χ0n) is 16.6. The van der Waals surface area contributed by atoms with Gasteiger partial charge in [-0.1, -0.05) is 19.9 Å². The lowest BCUT2D eigenvalue weighted by molar-refractivity contribution is -0.112. The molecule has 6 heteroatoms. The lowest BCUT2D eigenvalue weighted by Gasteiger charge is -2.12. The van der Waals surface area contributed by atoms with Crippen molar-refractivity contribution in [1.29, 1.82) is 5.26 Å². The molecule has 0 unspecified atom stereocenters. The standard InChI is InChI=1S/C22H24N4O2/c1-13(2)12-26-14(3)7-17(15(26)4)8-18(10-23)21(27)25-19-6-5-16-11-24-22(28)20(16)9-19/h5-9,13H,11-12H2,1-4H3,(H,24,28)(H,25,27)/b18-8-. The molecule has 1 aromatic carbocycles. The summed E-state index contributed by atoms with van der Waals surface area (Å²) >= 11 is 0. The van der Waals surface area contributed by atoms with Crippen molar-refractivity contribution in [2.24, 2.45) is 5.92 Å². The normalized spacial score (nSPS) is 13.3. The van der Waals surface area contributed by atoms with Gasteiger partial charge in [0, 0.05) is 35.7 Å². The number of hydrogen-bond acceptors (Lipinski definition) is 3. The number of anilines is 1. The first kappa shape index (κ1) is 19.4. The molecule has 1 aliphatic heterocycles. The van der Waals surface area contributed by atoms with Crippen molar-refractivity contribution in [2.45, 2.75) is 40.8 Å². The molecule has 144 valence electrons. The van der Waals surface area contributed by atoms with Crippen LogP contribution < -0.4 is 10.6 Å². The minimum Gasteiger partial charge on any atom is -0.348 e. The molecule has 1 aliphatic rings. The van der Waals surface area contributed by atoms with Crippen LogP contribution in [0, 0.1) is 31.1 Å². The second-order valence-electron chi connectivity index (χ2n) is 7.51. The Balaban J connectivity index is 1.84. The predicted molar refractivity (Wildman–Crippen MR) is 109 cm³/mol. The van der Waals surface area contributed by atoms with Crippen molar-refractivity contribution in [2.75, 3.05) is 5.32 Å². The summed E-state index contributed by atoms with van der Waals surface area (Å²) in [5, 5.41) is 15.0. The van der Waals surface area contributed by atoms with Gasteiger partial charge in [0.05, 0.1) is 0 Å². The number of benzene rings is 1. The van der Waals surface area contributed by atoms with Crippen LogP contribution in [0.15, 0.2) is 29.8 Å². The summed E-state index contributed by atoms with van der Waals surface area (Å²) < 4.78 is 2.20. The minimum atomic E-state index is -0.491. The summed E-state index contributed by atoms with van der Waals surface area (Å²) in [4.78, 5) is 24.4. The molecule has 6 nitrogen and oxygen atoms in total. The van der Waals surface area contributed by atoms with Crippen molar-refractivity contribution in [1.82, 2.24) is 9.88 Å². The van der Waals surface area contributed by atoms with Gasteiger partial charge in [-0.15, -0.1) is 0 Å². The van der Waals surface area contributed by atoms with Crippen molar-refractivity contribution in [3.8, 4) is 6.07 Å². The molecule has 0 fully saturated rings. The fraction of sp³-hybridized carbons (Fsp3) is 0.318. The number of nitrogens with one attached hydrogen (secondary N) is 2. The number of nitrogens with zero attached hydrogens (tertiary/aromatic N) is 2. The third-order valence-electron chi connectivity index (χ3n) is 4.88. The van der Waals surface area contributed by atoms with Gasteiger partial charge in [-0.2, -0.15) is 5.26 Å². The molecule has 2 N–H and O–H groups in total. The van der Waals surface area contributed by atoms with E-state index in [0.29, 0.717) is 23.7 Å². The number of carbonyl (C=O) groups is 2. The number of carbonyl (C=O) groups excluding carboxylic acids is 2. The first-order valence-corrected chi connectivity index (χ1v) is 9.31. The summed E-state index contributed by atoms with van der Waals surface area (Å²) in [6.07, 6.45) is 1.62. The summed E-state index contributed by atoms with van der Waals surface area (Å²) in [5.74, 6) is -0.147. The summed E-state index contributed by atoms with van der Waals surface area (Å²) in [6.45, 7) is 9.70. The number of aryl methyl sites for hydroxylation is 1. The molecule has 0 atom stereocenters. The highest BCUT2D eigenvalue weighted by atomic mass is 16.2. The van der Waals surface area contributed by atoms with Gasteiger partial charge in [0.1, 0.15) is 11.6 Å². The van der Waals surface area contributed by atoms with Crippen LogP contribution in [0.2, 0.25) is 0 Å². The molecule has 0 radical (unpaired) electrons. The second kappa shape index (κ2) is 7.73. The number of rotatable bonds is 5. The van der Waals surface area contributed by atoms with Crippen LogP contribution in [-0.4, -0.2) is 16.4 Å². The highest BCUT2D eigenvalue weighted by Crippen LogP contribution is 2.22. The van der Waals surface area contributed by atoms with E-state index in [9.17, 15) is 14.9 Å². The molecule has 3 rings (SSSR count). The quantitative estimate of drug-likeness (QED) is 0.618. The Bertz CT molecular complexity index is 1020. The van der Waals surface area contributed by atoms with E-state index >= 15 is 0 Å². The smallest absolute Gasteiger partial charge is 0.266 e. The molecule has 0 bridgehead atoms. The molecule has 2 heterocycles. The highest BCUT2D eigenvalue weighted by molar-refractivity contribution is 6.10. The molecular weight excluding hydrogens is 352 g/mol. The maximum absolute atomic E-state index is 12.6. The Kier molecular flexibility index (Phi) is 5.36. The molecule has 0 saturated carbocycles. The Morgan fingerprint density at radius 3 is 2.79 bits per heavy atom. The zero-order valence-corrected chi connectivity index (χ0v) is 16.6. The van der Waals surface area contributed by atoms with Gasteiger partial charge < -0.3 is 15.2 Å². The van der Waals surface area contributed by atoms with E-state index in [-0.39, 0.29) is 11.5 Å². The van der Waals surface area contributed by atoms with Crippen molar-refractivity contribution >= 4 is 23.6 Å². The van der Waals surface area contributed by atoms with Crippen LogP contribution in [0.4, 0.5) is 5.69 Å². The Morgan fingerprint density at radius 2 is 2.11 bits per heavy atom. The fourth-order valence-electron chi connectivity index (χ4n) is 3.41. The van der Waals surface area contributed by atoms with Crippen LogP contribution in [0.25, 0.3) is 6.08 Å². The van der Waals surface area contributed by atoms with Crippen LogP contribution in [0.5, 0.6) is 0 Å². The summed E-state index contributed by atoms with van der Waals surface area (Å²) in [6, 6.07) is 9.16. The lowest BCUT2D eigenvalue weighted by atomic mass is 10.1. The van der Waals surface area contributed by atoms with Gasteiger partial charge in [0.25, 0.3) is 11.8 Å².